The summed E-state index contributed by atoms with van der Waals surface area (Å²) in [6.07, 6.45) is 9.10. The van der Waals surface area contributed by atoms with Crippen LogP contribution in [0.5, 0.6) is 0 Å². The van der Waals surface area contributed by atoms with Crippen LogP contribution >= 0.6 is 0 Å². The molecule has 0 aromatic rings. The van der Waals surface area contributed by atoms with E-state index in [-0.39, 0.29) is 28.0 Å². The maximum Gasteiger partial charge on any atom is 0.518 e. The van der Waals surface area contributed by atoms with E-state index in [4.69, 9.17) is 9.47 Å². The van der Waals surface area contributed by atoms with Crippen molar-refractivity contribution in [1.29, 1.82) is 0 Å². The quantitative estimate of drug-likeness (QED) is 0.106. The Morgan fingerprint density at radius 2 is 1.33 bits per heavy atom. The number of amides is 1. The topological polar surface area (TPSA) is 116 Å². The van der Waals surface area contributed by atoms with Crippen molar-refractivity contribution in [3.05, 3.63) is 0 Å². The van der Waals surface area contributed by atoms with Gasteiger partial charge in [-0.05, 0) is 55.8 Å². The third kappa shape index (κ3) is 10.6. The molecule has 0 bridgehead atoms. The maximum absolute atomic E-state index is 14.1. The van der Waals surface area contributed by atoms with E-state index >= 15 is 0 Å². The molecule has 6 atom stereocenters. The van der Waals surface area contributed by atoms with Crippen molar-refractivity contribution in [2.24, 2.45) is 16.7 Å². The Balaban J connectivity index is 2.28. The highest BCUT2D eigenvalue weighted by atomic mass is 16.6. The molecule has 1 saturated carbocycles. The first-order valence-corrected chi connectivity index (χ1v) is 17.6. The summed E-state index contributed by atoms with van der Waals surface area (Å²) in [7, 11) is 0. The molecule has 0 aromatic heterocycles. The molecule has 2 rings (SSSR count). The van der Waals surface area contributed by atoms with Gasteiger partial charge in [0, 0.05) is 12.8 Å². The van der Waals surface area contributed by atoms with E-state index < -0.39 is 43.3 Å². The molecule has 2 aliphatic rings. The third-order valence-electron chi connectivity index (χ3n) is 10.2. The van der Waals surface area contributed by atoms with Gasteiger partial charge in [0.25, 0.3) is 0 Å². The number of unbranched alkanes of at least 4 members (excludes halogenated alkanes) is 9. The minimum atomic E-state index is -1.53. The Morgan fingerprint density at radius 3 is 1.81 bits per heavy atom. The standard InChI is InChI=1S/C35H68NO7/c1-8-10-11-12-13-14-15-16-17-18-23-36(33(41)42-9-2,32-31(40)30(39)29(38)28(24-37)43-32)27-21-19-26(20-22-27)35(6,7)25-34(3,4)5/h26-32,37-40H,8-25H2,1-7H3/q+1/t26?,27?,28-,29-,30+,31-,32?,36?/m1/s1. The summed E-state index contributed by atoms with van der Waals surface area (Å²) in [6, 6.07) is -0.152. The fraction of sp³-hybridized carbons (Fsp3) is 0.971. The van der Waals surface area contributed by atoms with Gasteiger partial charge < -0.3 is 29.9 Å². The number of carbonyl (C=O) groups excluding carboxylic acids is 1. The number of hydrogen-bond donors (Lipinski definition) is 4. The largest absolute Gasteiger partial charge is 0.518 e. The monoisotopic (exact) mass is 614 g/mol. The zero-order valence-corrected chi connectivity index (χ0v) is 28.7. The maximum atomic E-state index is 14.1. The van der Waals surface area contributed by atoms with Crippen molar-refractivity contribution in [3.63, 3.8) is 0 Å². The molecule has 254 valence electrons. The second-order valence-corrected chi connectivity index (χ2v) is 15.5. The molecule has 43 heavy (non-hydrogen) atoms. The second-order valence-electron chi connectivity index (χ2n) is 15.5. The SMILES string of the molecule is CCCCCCCCCCCC[N+](C(=O)OCC)(C1CCC(C(C)(C)CC(C)(C)C)CC1)C1O[C@H](CO)[C@@H](O)[C@H](O)[C@H]1O. The summed E-state index contributed by atoms with van der Waals surface area (Å²) in [5.41, 5.74) is 0.374. The van der Waals surface area contributed by atoms with E-state index in [9.17, 15) is 25.2 Å². The van der Waals surface area contributed by atoms with Crippen LogP contribution in [0.15, 0.2) is 0 Å². The van der Waals surface area contributed by atoms with Crippen LogP contribution in [0.1, 0.15) is 145 Å². The van der Waals surface area contributed by atoms with Gasteiger partial charge in [0.1, 0.15) is 24.4 Å². The average Bonchev–Trinajstić information content (AvgIpc) is 2.94. The molecule has 0 spiro atoms. The molecule has 1 aliphatic heterocycles. The number of rotatable bonds is 17. The third-order valence-corrected chi connectivity index (χ3v) is 10.2. The number of aliphatic hydroxyl groups is 4. The first-order valence-electron chi connectivity index (χ1n) is 17.6. The van der Waals surface area contributed by atoms with Crippen molar-refractivity contribution in [3.8, 4) is 0 Å². The Bertz CT molecular complexity index is 790. The highest BCUT2D eigenvalue weighted by Gasteiger charge is 2.61. The molecular weight excluding hydrogens is 546 g/mol. The van der Waals surface area contributed by atoms with Crippen molar-refractivity contribution in [2.45, 2.75) is 181 Å². The van der Waals surface area contributed by atoms with Crippen LogP contribution in [-0.4, -0.2) is 87.4 Å². The van der Waals surface area contributed by atoms with Crippen LogP contribution in [0.25, 0.3) is 0 Å². The Labute approximate surface area is 263 Å². The zero-order chi connectivity index (χ0) is 32.3. The zero-order valence-electron chi connectivity index (χ0n) is 28.7. The van der Waals surface area contributed by atoms with Crippen LogP contribution in [0, 0.1) is 16.7 Å². The van der Waals surface area contributed by atoms with Gasteiger partial charge in [0.15, 0.2) is 6.10 Å². The van der Waals surface area contributed by atoms with Gasteiger partial charge in [-0.3, -0.25) is 0 Å². The number of nitrogens with zero attached hydrogens (tertiary/aromatic N) is 1. The molecule has 1 heterocycles. The smallest absolute Gasteiger partial charge is 0.420 e. The summed E-state index contributed by atoms with van der Waals surface area (Å²) >= 11 is 0. The molecule has 2 unspecified atom stereocenters. The minimum Gasteiger partial charge on any atom is -0.420 e. The van der Waals surface area contributed by atoms with Crippen LogP contribution in [0.4, 0.5) is 4.79 Å². The van der Waals surface area contributed by atoms with E-state index in [1.807, 2.05) is 0 Å². The van der Waals surface area contributed by atoms with Gasteiger partial charge in [-0.15, -0.1) is 0 Å². The predicted octanol–water partition coefficient (Wildman–Crippen LogP) is 6.70. The summed E-state index contributed by atoms with van der Waals surface area (Å²) in [5, 5.41) is 42.7. The van der Waals surface area contributed by atoms with E-state index in [2.05, 4.69) is 41.5 Å². The summed E-state index contributed by atoms with van der Waals surface area (Å²) in [4.78, 5) is 14.1. The van der Waals surface area contributed by atoms with E-state index in [0.717, 1.165) is 51.4 Å². The molecule has 8 nitrogen and oxygen atoms in total. The van der Waals surface area contributed by atoms with E-state index in [0.29, 0.717) is 12.5 Å². The van der Waals surface area contributed by atoms with E-state index in [1.54, 1.807) is 6.92 Å². The molecular formula is C35H68NO7+. The fourth-order valence-corrected chi connectivity index (χ4v) is 8.26. The van der Waals surface area contributed by atoms with E-state index in [1.165, 1.54) is 44.9 Å². The molecule has 0 radical (unpaired) electrons. The number of aliphatic hydroxyl groups excluding tert-OH is 4. The van der Waals surface area contributed by atoms with Crippen LogP contribution in [0.3, 0.4) is 0 Å². The number of carbonyl (C=O) groups is 1. The lowest BCUT2D eigenvalue weighted by Crippen LogP contribution is -2.75. The van der Waals surface area contributed by atoms with Crippen LogP contribution in [0.2, 0.25) is 0 Å². The second kappa shape index (κ2) is 17.8. The predicted molar refractivity (Wildman–Crippen MR) is 171 cm³/mol. The van der Waals surface area contributed by atoms with Crippen molar-refractivity contribution in [1.82, 2.24) is 0 Å². The summed E-state index contributed by atoms with van der Waals surface area (Å²) in [6.45, 7) is 15.7. The van der Waals surface area contributed by atoms with Crippen LogP contribution in [-0.2, 0) is 9.47 Å². The van der Waals surface area contributed by atoms with Gasteiger partial charge in [-0.2, -0.15) is 9.28 Å². The van der Waals surface area contributed by atoms with Gasteiger partial charge >= 0.3 is 6.09 Å². The summed E-state index contributed by atoms with van der Waals surface area (Å²) in [5.74, 6) is 0.513. The molecule has 8 heteroatoms. The normalized spacial score (nSPS) is 30.2. The first-order chi connectivity index (χ1) is 20.2. The Kier molecular flexibility index (Phi) is 15.9. The highest BCUT2D eigenvalue weighted by Crippen LogP contribution is 2.48. The Morgan fingerprint density at radius 1 is 0.791 bits per heavy atom. The minimum absolute atomic E-state index is 0.152. The van der Waals surface area contributed by atoms with Crippen molar-refractivity contribution >= 4 is 6.09 Å². The van der Waals surface area contributed by atoms with Crippen molar-refractivity contribution < 1.29 is 39.2 Å². The van der Waals surface area contributed by atoms with Crippen molar-refractivity contribution in [2.75, 3.05) is 19.8 Å². The highest BCUT2D eigenvalue weighted by molar-refractivity contribution is 5.60. The number of ether oxygens (including phenoxy) is 2. The lowest BCUT2D eigenvalue weighted by atomic mass is 9.64. The molecule has 4 N–H and O–H groups in total. The molecule has 2 fully saturated rings. The first kappa shape index (κ1) is 38.4. The van der Waals surface area contributed by atoms with Gasteiger partial charge in [-0.1, -0.05) is 92.9 Å². The molecule has 1 aliphatic carbocycles. The van der Waals surface area contributed by atoms with Gasteiger partial charge in [0.05, 0.1) is 19.8 Å². The van der Waals surface area contributed by atoms with Gasteiger partial charge in [0.2, 0.25) is 6.23 Å². The summed E-state index contributed by atoms with van der Waals surface area (Å²) < 4.78 is 11.7. The number of quaternary nitrogens is 1. The Hall–Kier alpha value is -0.770. The lowest BCUT2D eigenvalue weighted by molar-refractivity contribution is -0.938. The molecule has 1 saturated heterocycles. The average molecular weight is 615 g/mol. The van der Waals surface area contributed by atoms with Crippen LogP contribution < -0.4 is 0 Å². The molecule has 1 amide bonds. The number of hydrogen-bond acceptors (Lipinski definition) is 7. The fourth-order valence-electron chi connectivity index (χ4n) is 8.26. The van der Waals surface area contributed by atoms with Gasteiger partial charge in [-0.25, -0.2) is 0 Å². The molecule has 0 aromatic carbocycles. The lowest BCUT2D eigenvalue weighted by Gasteiger charge is -2.53.